The number of carbonyl (C=O) groups excluding carboxylic acids is 1. The van der Waals surface area contributed by atoms with Gasteiger partial charge in [0.2, 0.25) is 5.91 Å². The van der Waals surface area contributed by atoms with Gasteiger partial charge in [0, 0.05) is 18.5 Å². The van der Waals surface area contributed by atoms with Crippen molar-refractivity contribution >= 4 is 5.91 Å². The predicted molar refractivity (Wildman–Crippen MR) is 79.3 cm³/mol. The van der Waals surface area contributed by atoms with Crippen LogP contribution in [0.5, 0.6) is 5.75 Å². The Kier molecular flexibility index (Phi) is 3.87. The van der Waals surface area contributed by atoms with Crippen LogP contribution in [0.4, 0.5) is 0 Å². The van der Waals surface area contributed by atoms with E-state index in [4.69, 9.17) is 9.47 Å². The smallest absolute Gasteiger partial charge is 0.240 e. The number of carbonyl (C=O) groups is 1. The minimum absolute atomic E-state index is 0.00722. The molecule has 1 saturated heterocycles. The molecule has 5 heteroatoms. The summed E-state index contributed by atoms with van der Waals surface area (Å²) in [7, 11) is 0. The number of ether oxygens (including phenoxy) is 2. The van der Waals surface area contributed by atoms with E-state index < -0.39 is 0 Å². The molecule has 1 aromatic rings. The number of para-hydroxylation sites is 1. The summed E-state index contributed by atoms with van der Waals surface area (Å²) < 4.78 is 11.3. The largest absolute Gasteiger partial charge is 0.487 e. The Balaban J connectivity index is 1.76. The molecular formula is C16H22N2O3. The number of fused-ring (bicyclic) bond motifs is 1. The quantitative estimate of drug-likeness (QED) is 0.864. The van der Waals surface area contributed by atoms with E-state index in [-0.39, 0.29) is 23.6 Å². The molecule has 2 heterocycles. The molecule has 0 aliphatic carbocycles. The fourth-order valence-corrected chi connectivity index (χ4v) is 2.94. The number of hydrogen-bond donors (Lipinski definition) is 2. The van der Waals surface area contributed by atoms with Crippen molar-refractivity contribution in [2.24, 2.45) is 0 Å². The van der Waals surface area contributed by atoms with E-state index in [1.54, 1.807) is 0 Å². The van der Waals surface area contributed by atoms with Crippen molar-refractivity contribution in [1.29, 1.82) is 0 Å². The summed E-state index contributed by atoms with van der Waals surface area (Å²) in [5, 5.41) is 6.32. The lowest BCUT2D eigenvalue weighted by Crippen LogP contribution is -2.53. The molecule has 0 aromatic heterocycles. The molecule has 0 radical (unpaired) electrons. The zero-order valence-corrected chi connectivity index (χ0v) is 12.5. The van der Waals surface area contributed by atoms with Gasteiger partial charge in [0.15, 0.2) is 0 Å². The van der Waals surface area contributed by atoms with Gasteiger partial charge in [-0.3, -0.25) is 4.79 Å². The summed E-state index contributed by atoms with van der Waals surface area (Å²) in [5.74, 6) is 0.846. The molecule has 1 fully saturated rings. The first kappa shape index (κ1) is 14.4. The number of hydrogen-bond acceptors (Lipinski definition) is 4. The Morgan fingerprint density at radius 1 is 1.38 bits per heavy atom. The molecule has 1 amide bonds. The minimum Gasteiger partial charge on any atom is -0.487 e. The summed E-state index contributed by atoms with van der Waals surface area (Å²) in [6.45, 7) is 5.90. The minimum atomic E-state index is -0.289. The van der Waals surface area contributed by atoms with Crippen LogP contribution in [0.25, 0.3) is 0 Å². The van der Waals surface area contributed by atoms with Gasteiger partial charge in [-0.1, -0.05) is 18.2 Å². The Bertz CT molecular complexity index is 524. The van der Waals surface area contributed by atoms with Gasteiger partial charge < -0.3 is 20.1 Å². The second kappa shape index (κ2) is 5.66. The molecule has 21 heavy (non-hydrogen) atoms. The highest BCUT2D eigenvalue weighted by Gasteiger charge is 2.35. The van der Waals surface area contributed by atoms with Gasteiger partial charge >= 0.3 is 0 Å². The third kappa shape index (κ3) is 3.19. The fraction of sp³-hybridized carbons (Fsp3) is 0.562. The summed E-state index contributed by atoms with van der Waals surface area (Å²) in [5.41, 5.74) is 0.755. The van der Waals surface area contributed by atoms with E-state index in [0.717, 1.165) is 17.7 Å². The maximum atomic E-state index is 12.4. The maximum absolute atomic E-state index is 12.4. The number of benzene rings is 1. The lowest BCUT2D eigenvalue weighted by molar-refractivity contribution is -0.127. The van der Waals surface area contributed by atoms with Crippen LogP contribution in [0.3, 0.4) is 0 Å². The van der Waals surface area contributed by atoms with Gasteiger partial charge in [-0.2, -0.15) is 0 Å². The first-order valence-electron chi connectivity index (χ1n) is 7.45. The molecule has 2 aliphatic rings. The lowest BCUT2D eigenvalue weighted by atomic mass is 9.89. The molecule has 1 aromatic carbocycles. The standard InChI is InChI=1S/C16H22N2O3/c1-16(2)9-12(11-5-3-4-6-14(11)21-16)18-15(19)13-10-20-8-7-17-13/h3-6,12-13,17H,7-10H2,1-2H3,(H,18,19). The van der Waals surface area contributed by atoms with Crippen LogP contribution < -0.4 is 15.4 Å². The maximum Gasteiger partial charge on any atom is 0.240 e. The lowest BCUT2D eigenvalue weighted by Gasteiger charge is -2.38. The van der Waals surface area contributed by atoms with Gasteiger partial charge in [0.25, 0.3) is 0 Å². The molecular weight excluding hydrogens is 268 g/mol. The molecule has 114 valence electrons. The van der Waals surface area contributed by atoms with Gasteiger partial charge in [0.1, 0.15) is 17.4 Å². The second-order valence-electron chi connectivity index (χ2n) is 6.25. The summed E-state index contributed by atoms with van der Waals surface area (Å²) in [4.78, 5) is 12.4. The van der Waals surface area contributed by atoms with E-state index in [0.29, 0.717) is 19.8 Å². The van der Waals surface area contributed by atoms with Crippen LogP contribution in [0.2, 0.25) is 0 Å². The molecule has 5 nitrogen and oxygen atoms in total. The Morgan fingerprint density at radius 3 is 2.95 bits per heavy atom. The van der Waals surface area contributed by atoms with Crippen LogP contribution in [-0.2, 0) is 9.53 Å². The van der Waals surface area contributed by atoms with E-state index in [2.05, 4.69) is 10.6 Å². The zero-order chi connectivity index (χ0) is 14.9. The van der Waals surface area contributed by atoms with Gasteiger partial charge in [-0.05, 0) is 19.9 Å². The molecule has 2 aliphatic heterocycles. The zero-order valence-electron chi connectivity index (χ0n) is 12.5. The average molecular weight is 290 g/mol. The topological polar surface area (TPSA) is 59.6 Å². The van der Waals surface area contributed by atoms with E-state index >= 15 is 0 Å². The van der Waals surface area contributed by atoms with Crippen molar-refractivity contribution in [3.8, 4) is 5.75 Å². The number of rotatable bonds is 2. The molecule has 0 saturated carbocycles. The number of nitrogens with one attached hydrogen (secondary N) is 2. The predicted octanol–water partition coefficient (Wildman–Crippen LogP) is 1.39. The van der Waals surface area contributed by atoms with Crippen LogP contribution in [0, 0.1) is 0 Å². The molecule has 3 rings (SSSR count). The highest BCUT2D eigenvalue weighted by molar-refractivity contribution is 5.82. The van der Waals surface area contributed by atoms with E-state index in [1.807, 2.05) is 38.1 Å². The van der Waals surface area contributed by atoms with Crippen molar-refractivity contribution in [2.75, 3.05) is 19.8 Å². The number of amides is 1. The van der Waals surface area contributed by atoms with Crippen LogP contribution >= 0.6 is 0 Å². The molecule has 0 bridgehead atoms. The van der Waals surface area contributed by atoms with Crippen molar-refractivity contribution in [3.05, 3.63) is 29.8 Å². The van der Waals surface area contributed by atoms with Crippen molar-refractivity contribution in [3.63, 3.8) is 0 Å². The third-order valence-corrected chi connectivity index (χ3v) is 3.93. The van der Waals surface area contributed by atoms with E-state index in [9.17, 15) is 4.79 Å². The third-order valence-electron chi connectivity index (χ3n) is 3.93. The Hall–Kier alpha value is -1.59. The summed E-state index contributed by atoms with van der Waals surface area (Å²) >= 11 is 0. The Labute approximate surface area is 125 Å². The first-order valence-corrected chi connectivity index (χ1v) is 7.45. The van der Waals surface area contributed by atoms with Crippen LogP contribution in [0.15, 0.2) is 24.3 Å². The first-order chi connectivity index (χ1) is 10.1. The van der Waals surface area contributed by atoms with E-state index in [1.165, 1.54) is 0 Å². The van der Waals surface area contributed by atoms with Crippen molar-refractivity contribution in [1.82, 2.24) is 10.6 Å². The van der Waals surface area contributed by atoms with Crippen LogP contribution in [0.1, 0.15) is 31.9 Å². The second-order valence-corrected chi connectivity index (χ2v) is 6.25. The molecule has 2 atom stereocenters. The van der Waals surface area contributed by atoms with Gasteiger partial charge in [-0.15, -0.1) is 0 Å². The number of morpholine rings is 1. The summed E-state index contributed by atoms with van der Waals surface area (Å²) in [6.07, 6.45) is 0.753. The van der Waals surface area contributed by atoms with Crippen molar-refractivity contribution in [2.45, 2.75) is 38.0 Å². The average Bonchev–Trinajstić information content (AvgIpc) is 2.47. The SMILES string of the molecule is CC1(C)CC(NC(=O)C2COCCN2)c2ccccc2O1. The van der Waals surface area contributed by atoms with Crippen LogP contribution in [-0.4, -0.2) is 37.3 Å². The summed E-state index contributed by atoms with van der Waals surface area (Å²) in [6, 6.07) is 7.60. The normalized spacial score (nSPS) is 27.3. The molecule has 0 spiro atoms. The fourth-order valence-electron chi connectivity index (χ4n) is 2.94. The molecule has 2 unspecified atom stereocenters. The monoisotopic (exact) mass is 290 g/mol. The van der Waals surface area contributed by atoms with Crippen molar-refractivity contribution < 1.29 is 14.3 Å². The molecule has 2 N–H and O–H groups in total. The highest BCUT2D eigenvalue weighted by atomic mass is 16.5. The Morgan fingerprint density at radius 2 is 2.19 bits per heavy atom. The van der Waals surface area contributed by atoms with Gasteiger partial charge in [0.05, 0.1) is 19.3 Å². The van der Waals surface area contributed by atoms with Gasteiger partial charge in [-0.25, -0.2) is 0 Å². The highest BCUT2D eigenvalue weighted by Crippen LogP contribution is 2.39.